The molecule has 0 aromatic heterocycles. The van der Waals surface area contributed by atoms with E-state index in [9.17, 15) is 9.59 Å². The van der Waals surface area contributed by atoms with Crippen LogP contribution in [-0.2, 0) is 16.9 Å². The molecule has 0 saturated carbocycles. The molecule has 3 rings (SSSR count). The van der Waals surface area contributed by atoms with Crippen molar-refractivity contribution < 1.29 is 14.3 Å². The van der Waals surface area contributed by atoms with Crippen molar-refractivity contribution in [2.24, 2.45) is 0 Å². The van der Waals surface area contributed by atoms with Crippen LogP contribution in [0, 0.1) is 0 Å². The van der Waals surface area contributed by atoms with Crippen LogP contribution in [0.15, 0.2) is 53.4 Å². The SMILES string of the molecule is CC[C@@]1(c2ccc(OC)cc2)NC(=O)N(Cc2ccc(SC)cc2)C1=O. The van der Waals surface area contributed by atoms with Gasteiger partial charge in [0.1, 0.15) is 11.3 Å². The molecule has 0 radical (unpaired) electrons. The summed E-state index contributed by atoms with van der Waals surface area (Å²) >= 11 is 1.65. The Bertz CT molecular complexity index is 805. The first kappa shape index (κ1) is 18.3. The van der Waals surface area contributed by atoms with E-state index < -0.39 is 5.54 Å². The van der Waals surface area contributed by atoms with E-state index in [0.717, 1.165) is 16.0 Å². The van der Waals surface area contributed by atoms with Crippen LogP contribution in [-0.4, -0.2) is 30.2 Å². The maximum atomic E-state index is 13.2. The van der Waals surface area contributed by atoms with Gasteiger partial charge in [0.2, 0.25) is 0 Å². The fourth-order valence-electron chi connectivity index (χ4n) is 3.20. The molecular formula is C20H22N2O3S. The summed E-state index contributed by atoms with van der Waals surface area (Å²) in [5.74, 6) is 0.492. The van der Waals surface area contributed by atoms with Gasteiger partial charge in [-0.25, -0.2) is 4.79 Å². The number of urea groups is 1. The number of nitrogens with one attached hydrogen (secondary N) is 1. The number of ether oxygens (including phenoxy) is 1. The van der Waals surface area contributed by atoms with E-state index in [-0.39, 0.29) is 18.5 Å². The Morgan fingerprint density at radius 1 is 1.08 bits per heavy atom. The molecule has 1 N–H and O–H groups in total. The first-order valence-corrected chi connectivity index (χ1v) is 9.68. The van der Waals surface area contributed by atoms with Crippen molar-refractivity contribution >= 4 is 23.7 Å². The second-order valence-corrected chi connectivity index (χ2v) is 7.04. The summed E-state index contributed by atoms with van der Waals surface area (Å²) in [5, 5.41) is 2.91. The third-order valence-electron chi connectivity index (χ3n) is 4.79. The van der Waals surface area contributed by atoms with Gasteiger partial charge in [0, 0.05) is 4.90 Å². The zero-order valence-corrected chi connectivity index (χ0v) is 15.9. The number of thioether (sulfide) groups is 1. The van der Waals surface area contributed by atoms with Gasteiger partial charge in [-0.15, -0.1) is 11.8 Å². The van der Waals surface area contributed by atoms with Crippen LogP contribution in [0.2, 0.25) is 0 Å². The first-order chi connectivity index (χ1) is 12.5. The van der Waals surface area contributed by atoms with Crippen molar-refractivity contribution in [3.63, 3.8) is 0 Å². The first-order valence-electron chi connectivity index (χ1n) is 8.45. The van der Waals surface area contributed by atoms with Gasteiger partial charge in [0.05, 0.1) is 13.7 Å². The molecule has 1 aliphatic heterocycles. The van der Waals surface area contributed by atoms with E-state index in [1.165, 1.54) is 4.90 Å². The van der Waals surface area contributed by atoms with Crippen LogP contribution < -0.4 is 10.1 Å². The molecule has 26 heavy (non-hydrogen) atoms. The molecule has 0 aliphatic carbocycles. The quantitative estimate of drug-likeness (QED) is 0.621. The third-order valence-corrected chi connectivity index (χ3v) is 5.53. The van der Waals surface area contributed by atoms with Crippen LogP contribution in [0.4, 0.5) is 4.79 Å². The molecule has 1 aliphatic rings. The number of imide groups is 1. The molecule has 2 aromatic carbocycles. The summed E-state index contributed by atoms with van der Waals surface area (Å²) in [4.78, 5) is 28.1. The predicted molar refractivity (Wildman–Crippen MR) is 102 cm³/mol. The van der Waals surface area contributed by atoms with Crippen molar-refractivity contribution in [1.29, 1.82) is 0 Å². The van der Waals surface area contributed by atoms with Crippen molar-refractivity contribution in [2.45, 2.75) is 30.3 Å². The minimum atomic E-state index is -1.03. The molecule has 136 valence electrons. The largest absolute Gasteiger partial charge is 0.497 e. The van der Waals surface area contributed by atoms with Crippen molar-refractivity contribution in [1.82, 2.24) is 10.2 Å². The summed E-state index contributed by atoms with van der Waals surface area (Å²) in [7, 11) is 1.59. The Hall–Kier alpha value is -2.47. The molecule has 1 fully saturated rings. The van der Waals surface area contributed by atoms with E-state index in [1.54, 1.807) is 31.0 Å². The Morgan fingerprint density at radius 3 is 2.27 bits per heavy atom. The van der Waals surface area contributed by atoms with Crippen molar-refractivity contribution in [3.8, 4) is 5.75 Å². The number of nitrogens with zero attached hydrogens (tertiary/aromatic N) is 1. The van der Waals surface area contributed by atoms with Gasteiger partial charge in [-0.1, -0.05) is 31.2 Å². The average molecular weight is 370 g/mol. The smallest absolute Gasteiger partial charge is 0.325 e. The minimum Gasteiger partial charge on any atom is -0.497 e. The number of methoxy groups -OCH3 is 1. The summed E-state index contributed by atoms with van der Waals surface area (Å²) in [6.07, 6.45) is 2.49. The van der Waals surface area contributed by atoms with E-state index in [1.807, 2.05) is 49.6 Å². The van der Waals surface area contributed by atoms with Crippen LogP contribution in [0.5, 0.6) is 5.75 Å². The molecule has 6 heteroatoms. The molecule has 2 aromatic rings. The standard InChI is InChI=1S/C20H22N2O3S/c1-4-20(15-7-9-16(25-2)10-8-15)18(23)22(19(24)21-20)13-14-5-11-17(26-3)12-6-14/h5-12H,4,13H2,1-3H3,(H,21,24)/t20-/m0/s1. The summed E-state index contributed by atoms with van der Waals surface area (Å²) < 4.78 is 5.18. The highest BCUT2D eigenvalue weighted by molar-refractivity contribution is 7.98. The maximum absolute atomic E-state index is 13.2. The summed E-state index contributed by atoms with van der Waals surface area (Å²) in [6.45, 7) is 2.16. The van der Waals surface area contributed by atoms with E-state index in [0.29, 0.717) is 12.2 Å². The summed E-state index contributed by atoms with van der Waals surface area (Å²) in [6, 6.07) is 14.8. The molecule has 0 spiro atoms. The van der Waals surface area contributed by atoms with Crippen LogP contribution in [0.25, 0.3) is 0 Å². The summed E-state index contributed by atoms with van der Waals surface area (Å²) in [5.41, 5.74) is 0.662. The molecule has 0 unspecified atom stereocenters. The highest BCUT2D eigenvalue weighted by Gasteiger charge is 2.51. The fourth-order valence-corrected chi connectivity index (χ4v) is 3.61. The second kappa shape index (κ2) is 7.41. The van der Waals surface area contributed by atoms with Crippen LogP contribution in [0.1, 0.15) is 24.5 Å². The number of hydrogen-bond acceptors (Lipinski definition) is 4. The lowest BCUT2D eigenvalue weighted by Gasteiger charge is -2.26. The van der Waals surface area contributed by atoms with Crippen molar-refractivity contribution in [2.75, 3.05) is 13.4 Å². The van der Waals surface area contributed by atoms with E-state index in [4.69, 9.17) is 4.74 Å². The van der Waals surface area contributed by atoms with Gasteiger partial charge < -0.3 is 10.1 Å². The van der Waals surface area contributed by atoms with Gasteiger partial charge in [0.25, 0.3) is 5.91 Å². The second-order valence-electron chi connectivity index (χ2n) is 6.16. The number of hydrogen-bond donors (Lipinski definition) is 1. The Labute approximate surface area is 157 Å². The van der Waals surface area contributed by atoms with Crippen LogP contribution >= 0.6 is 11.8 Å². The monoisotopic (exact) mass is 370 g/mol. The topological polar surface area (TPSA) is 58.6 Å². The highest BCUT2D eigenvalue weighted by atomic mass is 32.2. The zero-order valence-electron chi connectivity index (χ0n) is 15.1. The number of carbonyl (C=O) groups is 2. The van der Waals surface area contributed by atoms with Gasteiger partial charge in [-0.2, -0.15) is 0 Å². The van der Waals surface area contributed by atoms with E-state index >= 15 is 0 Å². The Balaban J connectivity index is 1.87. The lowest BCUT2D eigenvalue weighted by atomic mass is 9.87. The van der Waals surface area contributed by atoms with Gasteiger partial charge in [0.15, 0.2) is 0 Å². The van der Waals surface area contributed by atoms with Crippen molar-refractivity contribution in [3.05, 3.63) is 59.7 Å². The Morgan fingerprint density at radius 2 is 1.73 bits per heavy atom. The average Bonchev–Trinajstić information content (AvgIpc) is 2.93. The lowest BCUT2D eigenvalue weighted by Crippen LogP contribution is -2.43. The number of rotatable bonds is 6. The van der Waals surface area contributed by atoms with E-state index in [2.05, 4.69) is 5.32 Å². The number of benzene rings is 2. The number of amides is 3. The maximum Gasteiger partial charge on any atom is 0.325 e. The molecule has 1 atom stereocenters. The van der Waals surface area contributed by atoms with Gasteiger partial charge >= 0.3 is 6.03 Å². The lowest BCUT2D eigenvalue weighted by molar-refractivity contribution is -0.132. The third kappa shape index (κ3) is 3.17. The van der Waals surface area contributed by atoms with Gasteiger partial charge in [-0.3, -0.25) is 9.69 Å². The number of carbonyl (C=O) groups excluding carboxylic acids is 2. The molecule has 3 amide bonds. The molecular weight excluding hydrogens is 348 g/mol. The molecule has 1 saturated heterocycles. The predicted octanol–water partition coefficient (Wildman–Crippen LogP) is 3.77. The normalized spacial score (nSPS) is 19.6. The molecule has 1 heterocycles. The zero-order chi connectivity index (χ0) is 18.7. The Kier molecular flexibility index (Phi) is 5.23. The fraction of sp³-hybridized carbons (Fsp3) is 0.300. The molecule has 0 bridgehead atoms. The molecule has 5 nitrogen and oxygen atoms in total. The van der Waals surface area contributed by atoms with Gasteiger partial charge in [-0.05, 0) is 48.1 Å². The highest BCUT2D eigenvalue weighted by Crippen LogP contribution is 2.34. The van der Waals surface area contributed by atoms with Crippen LogP contribution in [0.3, 0.4) is 0 Å². The minimum absolute atomic E-state index is 0.218.